The van der Waals surface area contributed by atoms with Gasteiger partial charge >= 0.3 is 6.18 Å². The highest BCUT2D eigenvalue weighted by Gasteiger charge is 2.40. The third-order valence-electron chi connectivity index (χ3n) is 4.90. The molecule has 5 heteroatoms. The molecule has 0 aliphatic carbocycles. The van der Waals surface area contributed by atoms with Crippen molar-refractivity contribution < 1.29 is 13.2 Å². The average molecular weight is 336 g/mol. The fourth-order valence-corrected chi connectivity index (χ4v) is 3.52. The molecule has 2 heterocycles. The summed E-state index contributed by atoms with van der Waals surface area (Å²) in [6, 6.07) is 8.18. The second-order valence-corrected chi connectivity index (χ2v) is 6.96. The maximum Gasteiger partial charge on any atom is 0.391 e. The first-order valence-corrected chi connectivity index (χ1v) is 8.52. The van der Waals surface area contributed by atoms with Gasteiger partial charge in [0.25, 0.3) is 0 Å². The number of halogens is 3. The Morgan fingerprint density at radius 3 is 2.33 bits per heavy atom. The van der Waals surface area contributed by atoms with E-state index in [1.54, 1.807) is 0 Å². The largest absolute Gasteiger partial charge is 0.391 e. The van der Waals surface area contributed by atoms with E-state index in [1.807, 2.05) is 18.3 Å². The van der Waals surface area contributed by atoms with Crippen LogP contribution in [0.3, 0.4) is 0 Å². The fourth-order valence-electron chi connectivity index (χ4n) is 3.52. The smallest absolute Gasteiger partial charge is 0.299 e. The Balaban J connectivity index is 1.79. The molecule has 1 aromatic carbocycles. The Morgan fingerprint density at radius 2 is 1.75 bits per heavy atom. The molecular formula is C19H23F3N2. The fraction of sp³-hybridized carbons (Fsp3) is 0.526. The molecule has 0 atom stereocenters. The number of likely N-dealkylation sites (tertiary alicyclic amines) is 1. The molecule has 2 aromatic rings. The van der Waals surface area contributed by atoms with Crippen LogP contribution in [0.2, 0.25) is 0 Å². The first-order valence-electron chi connectivity index (χ1n) is 8.52. The van der Waals surface area contributed by atoms with Gasteiger partial charge in [0.15, 0.2) is 0 Å². The van der Waals surface area contributed by atoms with Gasteiger partial charge in [0, 0.05) is 18.1 Å². The van der Waals surface area contributed by atoms with E-state index in [1.165, 1.54) is 0 Å². The molecule has 2 nitrogen and oxygen atoms in total. The van der Waals surface area contributed by atoms with Crippen LogP contribution in [0.5, 0.6) is 0 Å². The lowest BCUT2D eigenvalue weighted by Crippen LogP contribution is -2.38. The predicted octanol–water partition coefficient (Wildman–Crippen LogP) is 5.13. The molecule has 0 saturated carbocycles. The molecule has 0 unspecified atom stereocenters. The molecule has 1 saturated heterocycles. The zero-order chi connectivity index (χ0) is 17.3. The minimum atomic E-state index is -4.06. The van der Waals surface area contributed by atoms with Gasteiger partial charge in [-0.25, -0.2) is 0 Å². The molecule has 3 rings (SSSR count). The number of hydrogen-bond donors (Lipinski definition) is 0. The Kier molecular flexibility index (Phi) is 4.81. The van der Waals surface area contributed by atoms with Gasteiger partial charge in [0.2, 0.25) is 0 Å². The Bertz CT molecular complexity index is 701. The summed E-state index contributed by atoms with van der Waals surface area (Å²) >= 11 is 0. The monoisotopic (exact) mass is 336 g/mol. The minimum Gasteiger partial charge on any atom is -0.299 e. The minimum absolute atomic E-state index is 0.193. The number of hydrogen-bond acceptors (Lipinski definition) is 2. The average Bonchev–Trinajstić information content (AvgIpc) is 2.54. The molecule has 0 spiro atoms. The van der Waals surface area contributed by atoms with Gasteiger partial charge < -0.3 is 0 Å². The second-order valence-electron chi connectivity index (χ2n) is 6.96. The molecule has 130 valence electrons. The van der Waals surface area contributed by atoms with Crippen molar-refractivity contribution in [2.45, 2.75) is 45.3 Å². The molecule has 0 amide bonds. The summed E-state index contributed by atoms with van der Waals surface area (Å²) in [5, 5.41) is 2.31. The molecule has 1 aliphatic rings. The number of fused-ring (bicyclic) bond motifs is 1. The number of benzene rings is 1. The summed E-state index contributed by atoms with van der Waals surface area (Å²) < 4.78 is 38.4. The lowest BCUT2D eigenvalue weighted by molar-refractivity contribution is -0.185. The maximum atomic E-state index is 12.8. The summed E-state index contributed by atoms with van der Waals surface area (Å²) in [6.07, 6.45) is -1.77. The van der Waals surface area contributed by atoms with Gasteiger partial charge in [0.1, 0.15) is 0 Å². The second kappa shape index (κ2) is 6.71. The predicted molar refractivity (Wildman–Crippen MR) is 89.9 cm³/mol. The van der Waals surface area contributed by atoms with Crippen molar-refractivity contribution in [1.29, 1.82) is 0 Å². The van der Waals surface area contributed by atoms with E-state index in [0.717, 1.165) is 22.0 Å². The summed E-state index contributed by atoms with van der Waals surface area (Å²) in [4.78, 5) is 6.73. The van der Waals surface area contributed by atoms with Gasteiger partial charge in [-0.15, -0.1) is 0 Å². The quantitative estimate of drug-likeness (QED) is 0.772. The third-order valence-corrected chi connectivity index (χ3v) is 4.90. The van der Waals surface area contributed by atoms with Crippen LogP contribution >= 0.6 is 0 Å². The number of piperidine rings is 1. The van der Waals surface area contributed by atoms with E-state index < -0.39 is 12.1 Å². The molecule has 1 fully saturated rings. The normalized spacial score (nSPS) is 17.8. The van der Waals surface area contributed by atoms with Gasteiger partial charge in [0.05, 0.1) is 11.6 Å². The molecular weight excluding hydrogens is 313 g/mol. The number of nitrogens with zero attached hydrogens (tertiary/aromatic N) is 2. The van der Waals surface area contributed by atoms with Gasteiger partial charge in [-0.3, -0.25) is 9.88 Å². The number of aromatic nitrogens is 1. The van der Waals surface area contributed by atoms with E-state index in [2.05, 4.69) is 35.9 Å². The Labute approximate surface area is 140 Å². The summed E-state index contributed by atoms with van der Waals surface area (Å²) in [5.74, 6) is -0.807. The van der Waals surface area contributed by atoms with Crippen molar-refractivity contribution in [1.82, 2.24) is 9.88 Å². The van der Waals surface area contributed by atoms with Crippen molar-refractivity contribution in [3.63, 3.8) is 0 Å². The van der Waals surface area contributed by atoms with Gasteiger partial charge in [-0.05, 0) is 42.8 Å². The third kappa shape index (κ3) is 3.56. The molecule has 24 heavy (non-hydrogen) atoms. The van der Waals surface area contributed by atoms with Crippen molar-refractivity contribution in [2.24, 2.45) is 5.92 Å². The number of rotatable bonds is 3. The Morgan fingerprint density at radius 1 is 1.12 bits per heavy atom. The van der Waals surface area contributed by atoms with E-state index in [-0.39, 0.29) is 12.8 Å². The van der Waals surface area contributed by atoms with Crippen LogP contribution in [-0.4, -0.2) is 29.1 Å². The SMILES string of the molecule is CC(C)c1ncc(CN2CCC(C(F)(F)F)CC2)c2ccccc12. The van der Waals surface area contributed by atoms with Crippen LogP contribution in [0.4, 0.5) is 13.2 Å². The Hall–Kier alpha value is -1.62. The summed E-state index contributed by atoms with van der Waals surface area (Å²) in [5.41, 5.74) is 2.17. The first kappa shape index (κ1) is 17.2. The zero-order valence-electron chi connectivity index (χ0n) is 14.1. The van der Waals surface area contributed by atoms with Gasteiger partial charge in [-0.1, -0.05) is 38.1 Å². The van der Waals surface area contributed by atoms with Crippen LogP contribution in [0.15, 0.2) is 30.5 Å². The van der Waals surface area contributed by atoms with E-state index in [9.17, 15) is 13.2 Å². The van der Waals surface area contributed by atoms with Gasteiger partial charge in [-0.2, -0.15) is 13.2 Å². The summed E-state index contributed by atoms with van der Waals surface area (Å²) in [6.45, 7) is 5.89. The van der Waals surface area contributed by atoms with Crippen LogP contribution in [0.25, 0.3) is 10.8 Å². The number of pyridine rings is 1. The molecule has 0 N–H and O–H groups in total. The van der Waals surface area contributed by atoms with Crippen molar-refractivity contribution >= 4 is 10.8 Å². The molecule has 1 aromatic heterocycles. The molecule has 0 bridgehead atoms. The maximum absolute atomic E-state index is 12.8. The highest BCUT2D eigenvalue weighted by atomic mass is 19.4. The van der Waals surface area contributed by atoms with Crippen molar-refractivity contribution in [3.8, 4) is 0 Å². The number of alkyl halides is 3. The molecule has 0 radical (unpaired) electrons. The lowest BCUT2D eigenvalue weighted by Gasteiger charge is -2.33. The van der Waals surface area contributed by atoms with E-state index in [4.69, 9.17) is 0 Å². The lowest BCUT2D eigenvalue weighted by atomic mass is 9.95. The zero-order valence-corrected chi connectivity index (χ0v) is 14.1. The highest BCUT2D eigenvalue weighted by Crippen LogP contribution is 2.35. The van der Waals surface area contributed by atoms with E-state index in [0.29, 0.717) is 25.6 Å². The van der Waals surface area contributed by atoms with Crippen molar-refractivity contribution in [3.05, 3.63) is 41.7 Å². The standard InChI is InChI=1S/C19H23F3N2/c1-13(2)18-17-6-4-3-5-16(17)14(11-23-18)12-24-9-7-15(8-10-24)19(20,21)22/h3-6,11,13,15H,7-10,12H2,1-2H3. The topological polar surface area (TPSA) is 16.1 Å². The summed E-state index contributed by atoms with van der Waals surface area (Å²) in [7, 11) is 0. The van der Waals surface area contributed by atoms with E-state index >= 15 is 0 Å². The van der Waals surface area contributed by atoms with Crippen LogP contribution < -0.4 is 0 Å². The van der Waals surface area contributed by atoms with Crippen LogP contribution in [0.1, 0.15) is 43.9 Å². The molecule has 1 aliphatic heterocycles. The van der Waals surface area contributed by atoms with Crippen LogP contribution in [-0.2, 0) is 6.54 Å². The van der Waals surface area contributed by atoms with Crippen molar-refractivity contribution in [2.75, 3.05) is 13.1 Å². The highest BCUT2D eigenvalue weighted by molar-refractivity contribution is 5.87. The first-order chi connectivity index (χ1) is 11.4. The van der Waals surface area contributed by atoms with Crippen LogP contribution in [0, 0.1) is 5.92 Å².